The van der Waals surface area contributed by atoms with Crippen LogP contribution in [0.15, 0.2) is 42.7 Å². The molecule has 0 saturated heterocycles. The number of carbonyl (C=O) groups is 2. The van der Waals surface area contributed by atoms with Gasteiger partial charge >= 0.3 is 0 Å². The number of amides is 2. The van der Waals surface area contributed by atoms with Crippen molar-refractivity contribution >= 4 is 11.8 Å². The molecule has 3 atom stereocenters. The average molecular weight is 411 g/mol. The van der Waals surface area contributed by atoms with Crippen LogP contribution in [0.4, 0.5) is 0 Å². The van der Waals surface area contributed by atoms with Gasteiger partial charge in [0.15, 0.2) is 0 Å². The van der Waals surface area contributed by atoms with Crippen molar-refractivity contribution in [2.75, 3.05) is 6.61 Å². The van der Waals surface area contributed by atoms with Gasteiger partial charge in [0.25, 0.3) is 5.91 Å². The summed E-state index contributed by atoms with van der Waals surface area (Å²) in [5.74, 6) is -0.138. The van der Waals surface area contributed by atoms with Crippen LogP contribution in [0, 0.1) is 5.92 Å². The van der Waals surface area contributed by atoms with Crippen LogP contribution in [-0.2, 0) is 9.53 Å². The van der Waals surface area contributed by atoms with Crippen molar-refractivity contribution in [2.45, 2.75) is 63.6 Å². The fourth-order valence-corrected chi connectivity index (χ4v) is 4.07. The maximum atomic E-state index is 13.2. The number of aromatic nitrogens is 2. The monoisotopic (exact) mass is 410 g/mol. The van der Waals surface area contributed by atoms with Gasteiger partial charge in [-0.2, -0.15) is 5.10 Å². The third-order valence-corrected chi connectivity index (χ3v) is 5.83. The highest BCUT2D eigenvalue weighted by atomic mass is 16.5. The van der Waals surface area contributed by atoms with Gasteiger partial charge in [-0.1, -0.05) is 19.1 Å². The van der Waals surface area contributed by atoms with Crippen LogP contribution in [0.1, 0.15) is 55.8 Å². The highest BCUT2D eigenvalue weighted by Crippen LogP contribution is 2.29. The van der Waals surface area contributed by atoms with Crippen molar-refractivity contribution < 1.29 is 14.3 Å². The van der Waals surface area contributed by atoms with Crippen molar-refractivity contribution in [1.29, 1.82) is 0 Å². The predicted octanol–water partition coefficient (Wildman–Crippen LogP) is 2.84. The summed E-state index contributed by atoms with van der Waals surface area (Å²) >= 11 is 0. The van der Waals surface area contributed by atoms with E-state index in [1.54, 1.807) is 16.9 Å². The molecule has 0 bridgehead atoms. The van der Waals surface area contributed by atoms with Crippen LogP contribution in [0.5, 0.6) is 0 Å². The molecule has 2 saturated carbocycles. The number of nitrogens with one attached hydrogen (secondary N) is 2. The first-order valence-electron chi connectivity index (χ1n) is 11.0. The summed E-state index contributed by atoms with van der Waals surface area (Å²) in [6.45, 7) is 2.72. The fourth-order valence-electron chi connectivity index (χ4n) is 4.07. The molecule has 2 amide bonds. The molecule has 1 heterocycles. The van der Waals surface area contributed by atoms with Gasteiger partial charge in [-0.25, -0.2) is 4.68 Å². The van der Waals surface area contributed by atoms with E-state index in [0.29, 0.717) is 24.6 Å². The molecular weight excluding hydrogens is 380 g/mol. The first-order valence-corrected chi connectivity index (χ1v) is 11.0. The summed E-state index contributed by atoms with van der Waals surface area (Å²) in [7, 11) is 0. The molecule has 0 spiro atoms. The minimum Gasteiger partial charge on any atom is -0.376 e. The van der Waals surface area contributed by atoms with Gasteiger partial charge < -0.3 is 15.4 Å². The van der Waals surface area contributed by atoms with Crippen LogP contribution in [0.3, 0.4) is 0 Å². The highest BCUT2D eigenvalue weighted by molar-refractivity contribution is 5.98. The lowest BCUT2D eigenvalue weighted by atomic mass is 9.82. The molecule has 30 heavy (non-hydrogen) atoms. The molecule has 0 unspecified atom stereocenters. The quantitative estimate of drug-likeness (QED) is 0.701. The SMILES string of the molecule is CCCO[C@@H]1CC[C@H](C(=O)NC2CC2)C[C@H]1NC(=O)c1ccccc1-n1cccn1. The molecule has 7 heteroatoms. The normalized spacial score (nSPS) is 23.7. The standard InChI is InChI=1S/C23H30N4O3/c1-2-14-30-21-11-8-16(22(28)25-17-9-10-17)15-19(21)26-23(29)18-6-3-4-7-20(18)27-13-5-12-24-27/h3-7,12-13,16-17,19,21H,2,8-11,14-15H2,1H3,(H,25,28)(H,26,29)/t16-,19+,21+/m0/s1. The summed E-state index contributed by atoms with van der Waals surface area (Å²) in [5.41, 5.74) is 1.28. The average Bonchev–Trinajstić information content (AvgIpc) is 3.41. The Balaban J connectivity index is 1.49. The van der Waals surface area contributed by atoms with Gasteiger partial charge in [0.2, 0.25) is 5.91 Å². The largest absolute Gasteiger partial charge is 0.376 e. The van der Waals surface area contributed by atoms with Gasteiger partial charge in [0, 0.05) is 31.0 Å². The summed E-state index contributed by atoms with van der Waals surface area (Å²) in [4.78, 5) is 25.8. The number of benzene rings is 1. The lowest BCUT2D eigenvalue weighted by Gasteiger charge is -2.36. The van der Waals surface area contributed by atoms with Gasteiger partial charge in [-0.05, 0) is 56.7 Å². The molecular formula is C23H30N4O3. The molecule has 2 aliphatic carbocycles. The lowest BCUT2D eigenvalue weighted by molar-refractivity contribution is -0.127. The first-order chi connectivity index (χ1) is 14.7. The first kappa shape index (κ1) is 20.6. The van der Waals surface area contributed by atoms with E-state index >= 15 is 0 Å². The number of ether oxygens (including phenoxy) is 1. The molecule has 2 aliphatic rings. The fraction of sp³-hybridized carbons (Fsp3) is 0.522. The van der Waals surface area contributed by atoms with Crippen LogP contribution in [-0.4, -0.2) is 46.4 Å². The van der Waals surface area contributed by atoms with E-state index in [0.717, 1.165) is 37.8 Å². The van der Waals surface area contributed by atoms with Gasteiger partial charge in [0.1, 0.15) is 0 Å². The molecule has 2 aromatic rings. The van der Waals surface area contributed by atoms with E-state index in [-0.39, 0.29) is 29.9 Å². The van der Waals surface area contributed by atoms with Crippen molar-refractivity contribution in [3.05, 3.63) is 48.3 Å². The third-order valence-electron chi connectivity index (χ3n) is 5.83. The minimum absolute atomic E-state index is 0.0734. The molecule has 4 rings (SSSR count). The second-order valence-corrected chi connectivity index (χ2v) is 8.25. The Morgan fingerprint density at radius 2 is 1.97 bits per heavy atom. The minimum atomic E-state index is -0.196. The van der Waals surface area contributed by atoms with Crippen LogP contribution in [0.25, 0.3) is 5.69 Å². The van der Waals surface area contributed by atoms with Crippen LogP contribution >= 0.6 is 0 Å². The third kappa shape index (κ3) is 4.90. The topological polar surface area (TPSA) is 85.3 Å². The van der Waals surface area contributed by atoms with E-state index < -0.39 is 0 Å². The smallest absolute Gasteiger partial charge is 0.253 e. The van der Waals surface area contributed by atoms with E-state index in [1.165, 1.54) is 0 Å². The molecule has 1 aromatic heterocycles. The molecule has 1 aromatic carbocycles. The lowest BCUT2D eigenvalue weighted by Crippen LogP contribution is -2.50. The Hall–Kier alpha value is -2.67. The number of para-hydroxylation sites is 1. The maximum absolute atomic E-state index is 13.2. The second-order valence-electron chi connectivity index (χ2n) is 8.25. The maximum Gasteiger partial charge on any atom is 0.253 e. The molecule has 160 valence electrons. The van der Waals surface area contributed by atoms with Crippen molar-refractivity contribution in [2.24, 2.45) is 5.92 Å². The van der Waals surface area contributed by atoms with E-state index in [4.69, 9.17) is 4.74 Å². The zero-order chi connectivity index (χ0) is 20.9. The molecule has 2 fully saturated rings. The number of carbonyl (C=O) groups excluding carboxylic acids is 2. The number of rotatable bonds is 8. The zero-order valence-electron chi connectivity index (χ0n) is 17.4. The molecule has 7 nitrogen and oxygen atoms in total. The van der Waals surface area contributed by atoms with Crippen molar-refractivity contribution in [3.8, 4) is 5.69 Å². The number of hydrogen-bond acceptors (Lipinski definition) is 4. The van der Waals surface area contributed by atoms with Crippen LogP contribution < -0.4 is 10.6 Å². The summed E-state index contributed by atoms with van der Waals surface area (Å²) < 4.78 is 7.73. The zero-order valence-corrected chi connectivity index (χ0v) is 17.4. The number of hydrogen-bond donors (Lipinski definition) is 2. The highest BCUT2D eigenvalue weighted by Gasteiger charge is 2.37. The Morgan fingerprint density at radius 3 is 2.70 bits per heavy atom. The Labute approximate surface area is 177 Å². The predicted molar refractivity (Wildman–Crippen MR) is 113 cm³/mol. The van der Waals surface area contributed by atoms with Crippen LogP contribution in [0.2, 0.25) is 0 Å². The van der Waals surface area contributed by atoms with Gasteiger partial charge in [-0.15, -0.1) is 0 Å². The van der Waals surface area contributed by atoms with E-state index in [2.05, 4.69) is 22.7 Å². The molecule has 0 aliphatic heterocycles. The van der Waals surface area contributed by atoms with Gasteiger partial charge in [-0.3, -0.25) is 9.59 Å². The van der Waals surface area contributed by atoms with Crippen molar-refractivity contribution in [1.82, 2.24) is 20.4 Å². The molecule has 2 N–H and O–H groups in total. The second kappa shape index (κ2) is 9.43. The molecule has 0 radical (unpaired) electrons. The summed E-state index contributed by atoms with van der Waals surface area (Å²) in [6, 6.07) is 9.39. The van der Waals surface area contributed by atoms with Crippen molar-refractivity contribution in [3.63, 3.8) is 0 Å². The number of nitrogens with zero attached hydrogens (tertiary/aromatic N) is 2. The summed E-state index contributed by atoms with van der Waals surface area (Å²) in [5, 5.41) is 10.5. The van der Waals surface area contributed by atoms with E-state index in [9.17, 15) is 9.59 Å². The Morgan fingerprint density at radius 1 is 1.13 bits per heavy atom. The van der Waals surface area contributed by atoms with Gasteiger partial charge in [0.05, 0.1) is 23.4 Å². The van der Waals surface area contributed by atoms with E-state index in [1.807, 2.05) is 30.5 Å². The Bertz CT molecular complexity index is 863. The summed E-state index contributed by atoms with van der Waals surface area (Å²) in [6.07, 6.45) is 8.67. The Kier molecular flexibility index (Phi) is 6.47.